The molecular weight excluding hydrogens is 445 g/mol. The average Bonchev–Trinajstić information content (AvgIpc) is 3.36. The molecule has 2 heterocycles. The molecule has 0 fully saturated rings. The van der Waals surface area contributed by atoms with E-state index in [1.807, 2.05) is 30.3 Å². The fraction of sp³-hybridized carbons (Fsp3) is 0.208. The maximum Gasteiger partial charge on any atom is 0.162 e. The average molecular weight is 466 g/mol. The molecule has 0 N–H and O–H groups in total. The van der Waals surface area contributed by atoms with Gasteiger partial charge in [0, 0.05) is 24.7 Å². The second-order valence-electron chi connectivity index (χ2n) is 7.42. The first-order valence-electron chi connectivity index (χ1n) is 10.1. The summed E-state index contributed by atoms with van der Waals surface area (Å²) < 4.78 is 28.4. The molecule has 0 saturated carbocycles. The Labute approximate surface area is 195 Å². The summed E-state index contributed by atoms with van der Waals surface area (Å²) in [7, 11) is 3.39. The zero-order chi connectivity index (χ0) is 23.4. The summed E-state index contributed by atoms with van der Waals surface area (Å²) in [5.41, 5.74) is 4.20. The fourth-order valence-corrected chi connectivity index (χ4v) is 3.71. The van der Waals surface area contributed by atoms with Gasteiger partial charge < -0.3 is 9.47 Å². The van der Waals surface area contributed by atoms with Crippen molar-refractivity contribution in [3.05, 3.63) is 93.8 Å². The van der Waals surface area contributed by atoms with E-state index >= 15 is 0 Å². The first-order chi connectivity index (χ1) is 16.0. The predicted molar refractivity (Wildman–Crippen MR) is 121 cm³/mol. The van der Waals surface area contributed by atoms with Crippen molar-refractivity contribution in [1.82, 2.24) is 19.6 Å². The van der Waals surface area contributed by atoms with Gasteiger partial charge in [-0.3, -0.25) is 4.68 Å². The number of nitrogens with zero attached hydrogens (tertiary/aromatic N) is 5. The normalized spacial score (nSPS) is 10.9. The molecule has 4 aromatic rings. The molecule has 2 aromatic carbocycles. The second-order valence-corrected chi connectivity index (χ2v) is 7.80. The molecule has 0 spiro atoms. The van der Waals surface area contributed by atoms with Crippen molar-refractivity contribution in [1.29, 1.82) is 5.26 Å². The number of rotatable bonds is 8. The molecule has 0 amide bonds. The fourth-order valence-electron chi connectivity index (χ4n) is 3.51. The van der Waals surface area contributed by atoms with Gasteiger partial charge in [0.2, 0.25) is 0 Å². The van der Waals surface area contributed by atoms with Gasteiger partial charge in [-0.25, -0.2) is 9.07 Å². The van der Waals surface area contributed by atoms with Crippen LogP contribution in [0.3, 0.4) is 0 Å². The molecule has 168 valence electrons. The lowest BCUT2D eigenvalue weighted by atomic mass is 10.1. The van der Waals surface area contributed by atoms with Gasteiger partial charge in [0.25, 0.3) is 0 Å². The summed E-state index contributed by atoms with van der Waals surface area (Å²) in [5, 5.41) is 18.0. The molecule has 0 aliphatic heterocycles. The van der Waals surface area contributed by atoms with Crippen LogP contribution in [0.2, 0.25) is 5.15 Å². The van der Waals surface area contributed by atoms with Crippen molar-refractivity contribution in [2.75, 3.05) is 7.11 Å². The van der Waals surface area contributed by atoms with Crippen LogP contribution in [0, 0.1) is 17.1 Å². The van der Waals surface area contributed by atoms with E-state index in [1.165, 1.54) is 12.1 Å². The first-order valence-corrected chi connectivity index (χ1v) is 10.5. The number of nitriles is 1. The number of methoxy groups -OCH3 is 1. The molecule has 0 unspecified atom stereocenters. The molecule has 0 radical (unpaired) electrons. The maximum atomic E-state index is 14.1. The van der Waals surface area contributed by atoms with E-state index in [2.05, 4.69) is 10.2 Å². The number of ether oxygens (including phenoxy) is 2. The molecule has 7 nitrogen and oxygen atoms in total. The highest BCUT2D eigenvalue weighted by atomic mass is 35.5. The zero-order valence-electron chi connectivity index (χ0n) is 18.1. The van der Waals surface area contributed by atoms with Crippen molar-refractivity contribution in [3.8, 4) is 17.5 Å². The van der Waals surface area contributed by atoms with Crippen molar-refractivity contribution in [2.45, 2.75) is 19.6 Å². The Morgan fingerprint density at radius 2 is 1.82 bits per heavy atom. The molecule has 2 aromatic heterocycles. The number of aromatic nitrogens is 4. The highest BCUT2D eigenvalue weighted by Gasteiger charge is 2.16. The minimum absolute atomic E-state index is 0.181. The van der Waals surface area contributed by atoms with Crippen LogP contribution in [0.4, 0.5) is 4.39 Å². The third-order valence-electron chi connectivity index (χ3n) is 5.16. The smallest absolute Gasteiger partial charge is 0.162 e. The molecule has 0 saturated heterocycles. The highest BCUT2D eigenvalue weighted by Crippen LogP contribution is 2.24. The largest absolute Gasteiger partial charge is 0.497 e. The van der Waals surface area contributed by atoms with E-state index < -0.39 is 0 Å². The molecule has 0 aliphatic rings. The highest BCUT2D eigenvalue weighted by molar-refractivity contribution is 6.29. The lowest BCUT2D eigenvalue weighted by Crippen LogP contribution is -2.09. The molecule has 0 atom stereocenters. The third-order valence-corrected chi connectivity index (χ3v) is 5.35. The predicted octanol–water partition coefficient (Wildman–Crippen LogP) is 4.59. The Hall–Kier alpha value is -3.67. The number of hydrogen-bond donors (Lipinski definition) is 0. The molecule has 4 rings (SSSR count). The van der Waals surface area contributed by atoms with E-state index in [1.54, 1.807) is 41.7 Å². The summed E-state index contributed by atoms with van der Waals surface area (Å²) in [4.78, 5) is 0. The monoisotopic (exact) mass is 465 g/mol. The van der Waals surface area contributed by atoms with Crippen molar-refractivity contribution in [3.63, 3.8) is 0 Å². The summed E-state index contributed by atoms with van der Waals surface area (Å²) in [6, 6.07) is 17.5. The zero-order valence-corrected chi connectivity index (χ0v) is 18.9. The Balaban J connectivity index is 1.58. The lowest BCUT2D eigenvalue weighted by Gasteiger charge is -2.14. The van der Waals surface area contributed by atoms with Crippen LogP contribution in [-0.2, 0) is 31.4 Å². The van der Waals surface area contributed by atoms with Gasteiger partial charge in [-0.2, -0.15) is 15.5 Å². The van der Waals surface area contributed by atoms with Crippen LogP contribution in [0.1, 0.15) is 28.2 Å². The molecular formula is C24H21ClFN5O2. The van der Waals surface area contributed by atoms with Crippen LogP contribution in [0.15, 0.2) is 54.6 Å². The van der Waals surface area contributed by atoms with Gasteiger partial charge in [-0.15, -0.1) is 0 Å². The molecule has 33 heavy (non-hydrogen) atoms. The summed E-state index contributed by atoms with van der Waals surface area (Å²) in [6.07, 6.45) is 0.439. The maximum absolute atomic E-state index is 14.1. The standard InChI is InChI=1S/C24H21ClFN5O2/c1-30-20(10-19(13-27)28-30)11-21-12-24(25)29-31(21)23-8-5-18(26)9-17(23)15-33-14-16-3-6-22(32-2)7-4-16/h3-10,12H,11,14-15H2,1-2H3. The summed E-state index contributed by atoms with van der Waals surface area (Å²) in [6.45, 7) is 0.541. The van der Waals surface area contributed by atoms with Gasteiger partial charge in [0.05, 0.1) is 31.7 Å². The van der Waals surface area contributed by atoms with Gasteiger partial charge in [-0.1, -0.05) is 23.7 Å². The molecule has 0 aliphatic carbocycles. The van der Waals surface area contributed by atoms with Crippen LogP contribution < -0.4 is 4.74 Å². The number of aryl methyl sites for hydroxylation is 1. The van der Waals surface area contributed by atoms with Gasteiger partial charge in [-0.05, 0) is 48.0 Å². The van der Waals surface area contributed by atoms with Crippen LogP contribution in [-0.4, -0.2) is 26.7 Å². The number of hydrogen-bond acceptors (Lipinski definition) is 5. The van der Waals surface area contributed by atoms with E-state index in [-0.39, 0.29) is 12.4 Å². The first kappa shape index (κ1) is 22.5. The third kappa shape index (κ3) is 5.22. The topological polar surface area (TPSA) is 77.9 Å². The quantitative estimate of drug-likeness (QED) is 0.380. The van der Waals surface area contributed by atoms with E-state index in [9.17, 15) is 4.39 Å². The Kier molecular flexibility index (Phi) is 6.73. The lowest BCUT2D eigenvalue weighted by molar-refractivity contribution is 0.107. The van der Waals surface area contributed by atoms with E-state index in [0.29, 0.717) is 35.1 Å². The molecule has 9 heteroatoms. The van der Waals surface area contributed by atoms with Crippen molar-refractivity contribution < 1.29 is 13.9 Å². The van der Waals surface area contributed by atoms with E-state index in [4.69, 9.17) is 26.3 Å². The minimum atomic E-state index is -0.369. The van der Waals surface area contributed by atoms with Gasteiger partial charge in [0.1, 0.15) is 17.6 Å². The second kappa shape index (κ2) is 9.86. The molecule has 0 bridgehead atoms. The number of halogens is 2. The Bertz CT molecular complexity index is 1310. The van der Waals surface area contributed by atoms with Crippen molar-refractivity contribution in [2.24, 2.45) is 7.05 Å². The van der Waals surface area contributed by atoms with Crippen molar-refractivity contribution >= 4 is 11.6 Å². The Morgan fingerprint density at radius 1 is 1.03 bits per heavy atom. The summed E-state index contributed by atoms with van der Waals surface area (Å²) in [5.74, 6) is 0.400. The number of benzene rings is 2. The van der Waals surface area contributed by atoms with E-state index in [0.717, 1.165) is 22.7 Å². The van der Waals surface area contributed by atoms with Gasteiger partial charge >= 0.3 is 0 Å². The van der Waals surface area contributed by atoms with Crippen LogP contribution >= 0.6 is 11.6 Å². The van der Waals surface area contributed by atoms with Crippen LogP contribution in [0.25, 0.3) is 5.69 Å². The minimum Gasteiger partial charge on any atom is -0.497 e. The van der Waals surface area contributed by atoms with Crippen LogP contribution in [0.5, 0.6) is 5.75 Å². The van der Waals surface area contributed by atoms with Gasteiger partial charge in [0.15, 0.2) is 10.8 Å². The summed E-state index contributed by atoms with van der Waals surface area (Å²) >= 11 is 6.22. The SMILES string of the molecule is COc1ccc(COCc2cc(F)ccc2-n2nc(Cl)cc2Cc2cc(C#N)nn2C)cc1. The Morgan fingerprint density at radius 3 is 2.52 bits per heavy atom.